The van der Waals surface area contributed by atoms with Crippen LogP contribution in [-0.4, -0.2) is 92.3 Å². The Kier molecular flexibility index (Phi) is 13.2. The molecule has 2 aromatic carbocycles. The van der Waals surface area contributed by atoms with Gasteiger partial charge in [0.05, 0.1) is 28.7 Å². The summed E-state index contributed by atoms with van der Waals surface area (Å²) in [5.74, 6) is -2.03. The van der Waals surface area contributed by atoms with E-state index in [0.717, 1.165) is 60.7 Å². The number of carbonyl (C=O) groups excluding carboxylic acids is 6. The van der Waals surface area contributed by atoms with E-state index in [0.29, 0.717) is 54.7 Å². The van der Waals surface area contributed by atoms with Crippen LogP contribution in [-0.2, 0) is 20.5 Å². The lowest BCUT2D eigenvalue weighted by Gasteiger charge is -2.27. The van der Waals surface area contributed by atoms with E-state index in [9.17, 15) is 41.9 Å². The van der Waals surface area contributed by atoms with Crippen LogP contribution in [0.4, 0.5) is 30.4 Å². The number of aromatic nitrogens is 4. The van der Waals surface area contributed by atoms with Crippen molar-refractivity contribution in [2.45, 2.75) is 70.0 Å². The molecule has 17 nitrogen and oxygen atoms in total. The van der Waals surface area contributed by atoms with Gasteiger partial charge in [-0.15, -0.1) is 0 Å². The van der Waals surface area contributed by atoms with Crippen molar-refractivity contribution in [2.24, 2.45) is 5.92 Å². The molecule has 1 atom stereocenters. The molecule has 65 heavy (non-hydrogen) atoms. The summed E-state index contributed by atoms with van der Waals surface area (Å²) in [5, 5.41) is 14.6. The number of nitrogens with zero attached hydrogens (tertiary/aromatic N) is 5. The Morgan fingerprint density at radius 1 is 0.908 bits per heavy atom. The third kappa shape index (κ3) is 10.4. The summed E-state index contributed by atoms with van der Waals surface area (Å²) in [4.78, 5) is 85.6. The number of nitrogens with one attached hydrogen (secondary N) is 4. The molecule has 1 aliphatic carbocycles. The smallest absolute Gasteiger partial charge is 0.437 e. The number of carbonyl (C=O) groups is 6. The number of hydrogen-bond donors (Lipinski definition) is 4. The average Bonchev–Trinajstić information content (AvgIpc) is 3.68. The number of pyridine rings is 1. The maximum atomic E-state index is 14.1. The summed E-state index contributed by atoms with van der Waals surface area (Å²) < 4.78 is 54.4. The summed E-state index contributed by atoms with van der Waals surface area (Å²) in [6, 6.07) is 13.1. The molecule has 4 N–H and O–H groups in total. The topological polar surface area (TPSA) is 220 Å². The van der Waals surface area contributed by atoms with Gasteiger partial charge in [0.2, 0.25) is 17.7 Å². The summed E-state index contributed by atoms with van der Waals surface area (Å²) in [6.07, 6.45) is 4.11. The number of amides is 5. The molecule has 3 aliphatic rings. The Morgan fingerprint density at radius 2 is 1.71 bits per heavy atom. The first-order valence-electron chi connectivity index (χ1n) is 21.3. The van der Waals surface area contributed by atoms with Gasteiger partial charge in [0.15, 0.2) is 17.2 Å². The molecule has 5 amide bonds. The Balaban J connectivity index is 0.754. The summed E-state index contributed by atoms with van der Waals surface area (Å²) >= 11 is 0. The summed E-state index contributed by atoms with van der Waals surface area (Å²) in [6.45, 7) is 2.11. The standard InChI is InChI=1S/C45H44F3N9O8/c46-45(47,48)39-32(52-40(60)33-25-65-42(53-33)28-17-19-50-36(22-28)51-23-26-9-10-26)24-56(55-39)29-13-11-27(12-14-29)35(58)8-5-21-64-20-3-1-2-18-49-31-7-4-6-30-38(31)44(63)57(43(30)62)34-15-16-37(59)54-41(34)61/h4,6-7,11-14,17,19,22,24-26,34,49H,1-3,5,8-10,15-16,18,20-21,23H2,(H,50,51)(H,52,60)(H,54,59,61). The molecule has 5 aromatic rings. The van der Waals surface area contributed by atoms with Crippen molar-refractivity contribution in [3.05, 3.63) is 101 Å². The van der Waals surface area contributed by atoms with Crippen molar-refractivity contribution in [3.63, 3.8) is 0 Å². The van der Waals surface area contributed by atoms with Gasteiger partial charge < -0.3 is 25.1 Å². The SMILES string of the molecule is O=C1CCC(N2C(=O)c3cccc(NCCCCCOCCCC(=O)c4ccc(-n5cc(NC(=O)c6coc(-c7ccnc(NCC8CC8)c7)n6)c(C(F)(F)F)n5)cc4)c3C2=O)C(=O)N1. The zero-order valence-electron chi connectivity index (χ0n) is 34.9. The number of oxazole rings is 1. The third-order valence-corrected chi connectivity index (χ3v) is 11.1. The minimum Gasteiger partial charge on any atom is -0.444 e. The van der Waals surface area contributed by atoms with Crippen LogP contribution < -0.4 is 21.3 Å². The maximum absolute atomic E-state index is 14.1. The fourth-order valence-corrected chi connectivity index (χ4v) is 7.51. The van der Waals surface area contributed by atoms with E-state index in [2.05, 4.69) is 36.3 Å². The zero-order chi connectivity index (χ0) is 45.7. The number of fused-ring (bicyclic) bond motifs is 1. The predicted molar refractivity (Wildman–Crippen MR) is 227 cm³/mol. The van der Waals surface area contributed by atoms with Gasteiger partial charge in [-0.3, -0.25) is 39.0 Å². The normalized spacial score (nSPS) is 16.1. The highest BCUT2D eigenvalue weighted by atomic mass is 19.4. The first-order valence-corrected chi connectivity index (χ1v) is 21.3. The molecule has 338 valence electrons. The van der Waals surface area contributed by atoms with Crippen LogP contribution in [0.1, 0.15) is 105 Å². The van der Waals surface area contributed by atoms with Gasteiger partial charge in [0.1, 0.15) is 18.1 Å². The lowest BCUT2D eigenvalue weighted by Crippen LogP contribution is -2.54. The van der Waals surface area contributed by atoms with E-state index in [1.165, 1.54) is 24.3 Å². The molecule has 2 fully saturated rings. The molecule has 0 bridgehead atoms. The molecule has 20 heteroatoms. The molecule has 0 spiro atoms. The van der Waals surface area contributed by atoms with E-state index in [-0.39, 0.29) is 53.4 Å². The van der Waals surface area contributed by atoms with Crippen LogP contribution in [0.25, 0.3) is 17.1 Å². The number of hydrogen-bond acceptors (Lipinski definition) is 13. The Morgan fingerprint density at radius 3 is 2.48 bits per heavy atom. The zero-order valence-corrected chi connectivity index (χ0v) is 34.9. The van der Waals surface area contributed by atoms with E-state index in [1.807, 2.05) is 0 Å². The van der Waals surface area contributed by atoms with Crippen LogP contribution in [0.5, 0.6) is 0 Å². The first-order chi connectivity index (χ1) is 31.3. The van der Waals surface area contributed by atoms with Gasteiger partial charge >= 0.3 is 6.18 Å². The molecule has 1 saturated carbocycles. The fourth-order valence-electron chi connectivity index (χ4n) is 7.51. The predicted octanol–water partition coefficient (Wildman–Crippen LogP) is 6.68. The van der Waals surface area contributed by atoms with Gasteiger partial charge in [0, 0.05) is 62.2 Å². The minimum absolute atomic E-state index is 0.0396. The van der Waals surface area contributed by atoms with Crippen molar-refractivity contribution in [1.29, 1.82) is 0 Å². The van der Waals surface area contributed by atoms with Crippen LogP contribution in [0.15, 0.2) is 77.7 Å². The summed E-state index contributed by atoms with van der Waals surface area (Å²) in [5.41, 5.74) is -0.125. The Labute approximate surface area is 369 Å². The largest absolute Gasteiger partial charge is 0.444 e. The van der Waals surface area contributed by atoms with E-state index >= 15 is 0 Å². The molecular formula is C45H44F3N9O8. The van der Waals surface area contributed by atoms with E-state index in [1.54, 1.807) is 36.5 Å². The third-order valence-electron chi connectivity index (χ3n) is 11.1. The molecule has 3 aromatic heterocycles. The number of benzene rings is 2. The minimum atomic E-state index is -4.90. The van der Waals surface area contributed by atoms with Crippen molar-refractivity contribution < 1.29 is 51.1 Å². The van der Waals surface area contributed by atoms with Crippen LogP contribution >= 0.6 is 0 Å². The quantitative estimate of drug-likeness (QED) is 0.0365. The second-order valence-corrected chi connectivity index (χ2v) is 15.9. The number of unbranched alkanes of at least 4 members (excludes halogenated alkanes) is 2. The molecule has 5 heterocycles. The second kappa shape index (κ2) is 19.3. The highest BCUT2D eigenvalue weighted by molar-refractivity contribution is 6.25. The number of Topliss-reactive ketones (excluding diaryl/α,β-unsaturated/α-hetero) is 1. The van der Waals surface area contributed by atoms with Gasteiger partial charge in [0.25, 0.3) is 17.7 Å². The lowest BCUT2D eigenvalue weighted by molar-refractivity contribution is -0.140. The number of piperidine rings is 1. The lowest BCUT2D eigenvalue weighted by atomic mass is 10.0. The Bertz CT molecular complexity index is 2620. The van der Waals surface area contributed by atoms with Crippen molar-refractivity contribution >= 4 is 52.5 Å². The van der Waals surface area contributed by atoms with Crippen molar-refractivity contribution in [2.75, 3.05) is 42.3 Å². The van der Waals surface area contributed by atoms with E-state index in [4.69, 9.17) is 9.15 Å². The number of halogens is 3. The second-order valence-electron chi connectivity index (χ2n) is 15.9. The number of anilines is 3. The monoisotopic (exact) mass is 895 g/mol. The molecule has 1 unspecified atom stereocenters. The molecule has 0 radical (unpaired) electrons. The highest BCUT2D eigenvalue weighted by Crippen LogP contribution is 2.36. The van der Waals surface area contributed by atoms with Crippen molar-refractivity contribution in [1.82, 2.24) is 30.0 Å². The van der Waals surface area contributed by atoms with Crippen LogP contribution in [0.3, 0.4) is 0 Å². The van der Waals surface area contributed by atoms with Gasteiger partial charge in [-0.2, -0.15) is 18.3 Å². The van der Waals surface area contributed by atoms with Gasteiger partial charge in [-0.05, 0) is 99.4 Å². The fraction of sp³-hybridized carbons (Fsp3) is 0.356. The highest BCUT2D eigenvalue weighted by Gasteiger charge is 2.45. The van der Waals surface area contributed by atoms with E-state index < -0.39 is 53.1 Å². The van der Waals surface area contributed by atoms with Gasteiger partial charge in [-0.1, -0.05) is 6.07 Å². The average molecular weight is 896 g/mol. The molecular weight excluding hydrogens is 852 g/mol. The number of rotatable bonds is 20. The van der Waals surface area contributed by atoms with Crippen LogP contribution in [0, 0.1) is 5.92 Å². The van der Waals surface area contributed by atoms with Gasteiger partial charge in [-0.25, -0.2) is 14.6 Å². The Hall–Kier alpha value is -7.22. The van der Waals surface area contributed by atoms with Crippen LogP contribution in [0.2, 0.25) is 0 Å². The number of ether oxygens (including phenoxy) is 1. The molecule has 1 saturated heterocycles. The van der Waals surface area contributed by atoms with Crippen molar-refractivity contribution in [3.8, 4) is 17.1 Å². The molecule has 8 rings (SSSR count). The first kappa shape index (κ1) is 44.4. The number of alkyl halides is 3. The molecule has 2 aliphatic heterocycles. The maximum Gasteiger partial charge on any atom is 0.437 e. The number of ketones is 1. The number of imide groups is 2. The summed E-state index contributed by atoms with van der Waals surface area (Å²) in [7, 11) is 0.